The fourth-order valence-corrected chi connectivity index (χ4v) is 2.81. The van der Waals surface area contributed by atoms with E-state index in [-0.39, 0.29) is 12.3 Å². The first-order valence-corrected chi connectivity index (χ1v) is 9.39. The monoisotopic (exact) mass is 412 g/mol. The van der Waals surface area contributed by atoms with Crippen LogP contribution < -0.4 is 10.2 Å². The Morgan fingerprint density at radius 3 is 2.46 bits per heavy atom. The van der Waals surface area contributed by atoms with Gasteiger partial charge in [0.25, 0.3) is 0 Å². The molecule has 0 aliphatic heterocycles. The molecule has 3 rings (SSSR count). The molecule has 0 aliphatic carbocycles. The first-order valence-electron chi connectivity index (χ1n) is 8.63. The van der Waals surface area contributed by atoms with E-state index in [1.54, 1.807) is 18.3 Å². The van der Waals surface area contributed by atoms with E-state index >= 15 is 0 Å². The maximum Gasteiger partial charge on any atom is 0.244 e. The van der Waals surface area contributed by atoms with E-state index in [4.69, 9.17) is 27.9 Å². The molecule has 0 spiro atoms. The molecule has 142 valence electrons. The zero-order chi connectivity index (χ0) is 19.8. The number of nitrogens with zero attached hydrogens (tertiary/aromatic N) is 1. The number of ether oxygens (including phenoxy) is 1. The number of nitrogens with one attached hydrogen (secondary N) is 1. The third-order valence-electron chi connectivity index (χ3n) is 3.93. The summed E-state index contributed by atoms with van der Waals surface area (Å²) in [4.78, 5) is 12.0. The zero-order valence-corrected chi connectivity index (χ0v) is 16.5. The van der Waals surface area contributed by atoms with Gasteiger partial charge in [0.1, 0.15) is 12.4 Å². The van der Waals surface area contributed by atoms with Gasteiger partial charge in [-0.2, -0.15) is 5.10 Å². The van der Waals surface area contributed by atoms with Gasteiger partial charge in [-0.05, 0) is 35.9 Å². The number of halogens is 2. The summed E-state index contributed by atoms with van der Waals surface area (Å²) in [6, 6.07) is 22.1. The molecule has 0 radical (unpaired) electrons. The number of hydrogen-bond donors (Lipinski definition) is 1. The first kappa shape index (κ1) is 19.9. The normalized spacial score (nSPS) is 10.8. The second-order valence-electron chi connectivity index (χ2n) is 6.01. The summed E-state index contributed by atoms with van der Waals surface area (Å²) in [6.45, 7) is 0.341. The molecule has 0 heterocycles. The largest absolute Gasteiger partial charge is 0.488 e. The highest BCUT2D eigenvalue weighted by molar-refractivity contribution is 6.31. The van der Waals surface area contributed by atoms with Crippen LogP contribution in [0.4, 0.5) is 0 Å². The van der Waals surface area contributed by atoms with Crippen molar-refractivity contribution in [1.82, 2.24) is 5.43 Å². The van der Waals surface area contributed by atoms with E-state index in [0.29, 0.717) is 22.4 Å². The molecule has 28 heavy (non-hydrogen) atoms. The summed E-state index contributed by atoms with van der Waals surface area (Å²) in [6.07, 6.45) is 1.78. The Labute approximate surface area is 173 Å². The van der Waals surface area contributed by atoms with Crippen LogP contribution in [0.25, 0.3) is 0 Å². The molecule has 0 atom stereocenters. The van der Waals surface area contributed by atoms with E-state index < -0.39 is 0 Å². The van der Waals surface area contributed by atoms with Crippen molar-refractivity contribution in [2.75, 3.05) is 0 Å². The third kappa shape index (κ3) is 5.84. The minimum Gasteiger partial charge on any atom is -0.488 e. The van der Waals surface area contributed by atoms with Crippen LogP contribution >= 0.6 is 23.2 Å². The molecule has 0 bridgehead atoms. The fourth-order valence-electron chi connectivity index (χ4n) is 2.49. The standard InChI is InChI=1S/C22H18Cl2N2O2/c23-19-11-9-16(10-12-19)13-22(27)26-25-14-17-5-2-4-8-21(17)28-15-18-6-1-3-7-20(18)24/h1-12,14H,13,15H2,(H,26,27)/b25-14-. The van der Waals surface area contributed by atoms with Crippen LogP contribution in [0.1, 0.15) is 16.7 Å². The Kier molecular flexibility index (Phi) is 7.06. The molecular formula is C22H18Cl2N2O2. The van der Waals surface area contributed by atoms with Gasteiger partial charge in [-0.3, -0.25) is 4.79 Å². The lowest BCUT2D eigenvalue weighted by molar-refractivity contribution is -0.120. The molecule has 0 aliphatic rings. The highest BCUT2D eigenvalue weighted by Gasteiger charge is 2.05. The number of benzene rings is 3. The van der Waals surface area contributed by atoms with Crippen molar-refractivity contribution in [3.05, 3.63) is 99.5 Å². The van der Waals surface area contributed by atoms with Gasteiger partial charge in [-0.1, -0.05) is 65.7 Å². The van der Waals surface area contributed by atoms with Gasteiger partial charge < -0.3 is 4.74 Å². The zero-order valence-electron chi connectivity index (χ0n) is 14.9. The van der Waals surface area contributed by atoms with Crippen molar-refractivity contribution in [3.8, 4) is 5.75 Å². The number of para-hydroxylation sites is 1. The average Bonchev–Trinajstić information content (AvgIpc) is 2.70. The summed E-state index contributed by atoms with van der Waals surface area (Å²) in [7, 11) is 0. The number of hydrogen-bond acceptors (Lipinski definition) is 3. The van der Waals surface area contributed by atoms with Crippen LogP contribution in [0.15, 0.2) is 77.9 Å². The highest BCUT2D eigenvalue weighted by Crippen LogP contribution is 2.21. The smallest absolute Gasteiger partial charge is 0.244 e. The topological polar surface area (TPSA) is 50.7 Å². The predicted molar refractivity (Wildman–Crippen MR) is 113 cm³/mol. The van der Waals surface area contributed by atoms with E-state index in [1.807, 2.05) is 60.7 Å². The van der Waals surface area contributed by atoms with Crippen molar-refractivity contribution < 1.29 is 9.53 Å². The van der Waals surface area contributed by atoms with Gasteiger partial charge in [-0.15, -0.1) is 0 Å². The van der Waals surface area contributed by atoms with Crippen LogP contribution in [0.2, 0.25) is 10.0 Å². The lowest BCUT2D eigenvalue weighted by Crippen LogP contribution is -2.19. The second-order valence-corrected chi connectivity index (χ2v) is 6.86. The lowest BCUT2D eigenvalue weighted by atomic mass is 10.1. The maximum atomic E-state index is 12.0. The Bertz CT molecular complexity index is 972. The van der Waals surface area contributed by atoms with Gasteiger partial charge in [0, 0.05) is 21.2 Å². The molecular weight excluding hydrogens is 395 g/mol. The maximum absolute atomic E-state index is 12.0. The van der Waals surface area contributed by atoms with Crippen molar-refractivity contribution in [2.24, 2.45) is 5.10 Å². The fraction of sp³-hybridized carbons (Fsp3) is 0.0909. The van der Waals surface area contributed by atoms with Crippen LogP contribution in [-0.2, 0) is 17.8 Å². The summed E-state index contributed by atoms with van der Waals surface area (Å²) >= 11 is 12.0. The van der Waals surface area contributed by atoms with Gasteiger partial charge in [-0.25, -0.2) is 5.43 Å². The van der Waals surface area contributed by atoms with Crippen LogP contribution in [0, 0.1) is 0 Å². The van der Waals surface area contributed by atoms with Gasteiger partial charge >= 0.3 is 0 Å². The van der Waals surface area contributed by atoms with Crippen molar-refractivity contribution in [2.45, 2.75) is 13.0 Å². The van der Waals surface area contributed by atoms with Crippen LogP contribution in [-0.4, -0.2) is 12.1 Å². The first-order chi connectivity index (χ1) is 13.6. The van der Waals surface area contributed by atoms with Crippen LogP contribution in [0.5, 0.6) is 5.75 Å². The SMILES string of the molecule is O=C(Cc1ccc(Cl)cc1)N/N=C\c1ccccc1OCc1ccccc1Cl. The van der Waals surface area contributed by atoms with Crippen molar-refractivity contribution in [3.63, 3.8) is 0 Å². The van der Waals surface area contributed by atoms with Crippen molar-refractivity contribution in [1.29, 1.82) is 0 Å². The van der Waals surface area contributed by atoms with Crippen molar-refractivity contribution >= 4 is 35.3 Å². The lowest BCUT2D eigenvalue weighted by Gasteiger charge is -2.10. The third-order valence-corrected chi connectivity index (χ3v) is 4.55. The molecule has 1 amide bonds. The number of hydrazone groups is 1. The molecule has 0 saturated carbocycles. The van der Waals surface area contributed by atoms with E-state index in [1.165, 1.54) is 0 Å². The molecule has 1 N–H and O–H groups in total. The molecule has 3 aromatic carbocycles. The quantitative estimate of drug-likeness (QED) is 0.424. The Morgan fingerprint density at radius 2 is 1.68 bits per heavy atom. The summed E-state index contributed by atoms with van der Waals surface area (Å²) in [5.74, 6) is 0.436. The number of carbonyl (C=O) groups excluding carboxylic acids is 1. The molecule has 0 unspecified atom stereocenters. The minimum absolute atomic E-state index is 0.215. The van der Waals surface area contributed by atoms with Gasteiger partial charge in [0.15, 0.2) is 0 Å². The van der Waals surface area contributed by atoms with E-state index in [2.05, 4.69) is 10.5 Å². The Hall–Kier alpha value is -2.82. The molecule has 0 saturated heterocycles. The molecule has 0 aromatic heterocycles. The predicted octanol–water partition coefficient (Wildman–Crippen LogP) is 5.27. The molecule has 4 nitrogen and oxygen atoms in total. The number of amides is 1. The second kappa shape index (κ2) is 9.93. The number of rotatable bonds is 7. The summed E-state index contributed by atoms with van der Waals surface area (Å²) in [5, 5.41) is 5.32. The Balaban J connectivity index is 1.58. The van der Waals surface area contributed by atoms with Gasteiger partial charge in [0.2, 0.25) is 5.91 Å². The molecule has 3 aromatic rings. The molecule has 0 fully saturated rings. The Morgan fingerprint density at radius 1 is 0.964 bits per heavy atom. The van der Waals surface area contributed by atoms with Gasteiger partial charge in [0.05, 0.1) is 12.6 Å². The minimum atomic E-state index is -0.215. The van der Waals surface area contributed by atoms with E-state index in [9.17, 15) is 4.79 Å². The average molecular weight is 413 g/mol. The van der Waals surface area contributed by atoms with Crippen LogP contribution in [0.3, 0.4) is 0 Å². The van der Waals surface area contributed by atoms with E-state index in [0.717, 1.165) is 16.7 Å². The number of carbonyl (C=O) groups is 1. The summed E-state index contributed by atoms with van der Waals surface area (Å²) < 4.78 is 5.87. The molecule has 6 heteroatoms. The summed E-state index contributed by atoms with van der Waals surface area (Å²) in [5.41, 5.74) is 5.03. The highest BCUT2D eigenvalue weighted by atomic mass is 35.5.